The summed E-state index contributed by atoms with van der Waals surface area (Å²) in [6.45, 7) is 1.89. The molecule has 0 aliphatic rings. The Morgan fingerprint density at radius 1 is 1.20 bits per heavy atom. The van der Waals surface area contributed by atoms with Gasteiger partial charge in [0, 0.05) is 32.6 Å². The normalized spacial score (nSPS) is 10.7. The van der Waals surface area contributed by atoms with Crippen LogP contribution in [0.3, 0.4) is 0 Å². The molecular weight excluding hydrogens is 320 g/mol. The number of para-hydroxylation sites is 1. The molecule has 0 atom stereocenters. The maximum atomic E-state index is 12.3. The Bertz CT molecular complexity index is 905. The Morgan fingerprint density at radius 2 is 1.96 bits per heavy atom. The SMILES string of the molecule is Cc1cc(NC(=O)CN(C)c2nc(N(C)C)nc3ccccc23)no1. The van der Waals surface area contributed by atoms with Crippen LogP contribution in [-0.2, 0) is 4.79 Å². The van der Waals surface area contributed by atoms with Gasteiger partial charge in [-0.2, -0.15) is 4.98 Å². The van der Waals surface area contributed by atoms with E-state index >= 15 is 0 Å². The molecule has 3 rings (SSSR count). The summed E-state index contributed by atoms with van der Waals surface area (Å²) in [6, 6.07) is 9.40. The molecule has 0 saturated heterocycles. The van der Waals surface area contributed by atoms with E-state index < -0.39 is 0 Å². The third-order valence-electron chi connectivity index (χ3n) is 3.61. The summed E-state index contributed by atoms with van der Waals surface area (Å²) in [6.07, 6.45) is 0. The molecule has 1 aromatic carbocycles. The first-order valence-corrected chi connectivity index (χ1v) is 7.82. The van der Waals surface area contributed by atoms with E-state index in [1.165, 1.54) is 0 Å². The molecule has 0 aliphatic heterocycles. The highest BCUT2D eigenvalue weighted by Crippen LogP contribution is 2.25. The average Bonchev–Trinajstić information content (AvgIpc) is 2.98. The first-order chi connectivity index (χ1) is 11.9. The number of carbonyl (C=O) groups is 1. The second kappa shape index (κ2) is 6.76. The lowest BCUT2D eigenvalue weighted by Gasteiger charge is -2.21. The molecule has 3 aromatic rings. The van der Waals surface area contributed by atoms with Crippen molar-refractivity contribution in [1.29, 1.82) is 0 Å². The highest BCUT2D eigenvalue weighted by molar-refractivity contribution is 5.96. The number of nitrogens with one attached hydrogen (secondary N) is 1. The molecule has 1 N–H and O–H groups in total. The number of benzene rings is 1. The van der Waals surface area contributed by atoms with Gasteiger partial charge in [-0.15, -0.1) is 0 Å². The van der Waals surface area contributed by atoms with E-state index in [0.717, 1.165) is 10.9 Å². The summed E-state index contributed by atoms with van der Waals surface area (Å²) in [5, 5.41) is 7.36. The molecule has 0 saturated carbocycles. The van der Waals surface area contributed by atoms with Gasteiger partial charge in [0.1, 0.15) is 11.6 Å². The molecule has 8 heteroatoms. The number of hydrogen-bond donors (Lipinski definition) is 1. The third kappa shape index (κ3) is 3.68. The molecule has 0 unspecified atom stereocenters. The highest BCUT2D eigenvalue weighted by Gasteiger charge is 2.16. The number of likely N-dealkylation sites (N-methyl/N-ethyl adjacent to an activating group) is 1. The number of hydrogen-bond acceptors (Lipinski definition) is 7. The number of nitrogens with zero attached hydrogens (tertiary/aromatic N) is 5. The Morgan fingerprint density at radius 3 is 2.64 bits per heavy atom. The summed E-state index contributed by atoms with van der Waals surface area (Å²) in [4.78, 5) is 25.0. The fraction of sp³-hybridized carbons (Fsp3) is 0.294. The number of amides is 1. The van der Waals surface area contributed by atoms with Gasteiger partial charge in [-0.1, -0.05) is 17.3 Å². The average molecular weight is 340 g/mol. The van der Waals surface area contributed by atoms with E-state index in [2.05, 4.69) is 20.4 Å². The van der Waals surface area contributed by atoms with Crippen LogP contribution in [0.2, 0.25) is 0 Å². The number of aryl methyl sites for hydroxylation is 1. The van der Waals surface area contributed by atoms with Gasteiger partial charge in [-0.05, 0) is 19.1 Å². The lowest BCUT2D eigenvalue weighted by molar-refractivity contribution is -0.115. The zero-order valence-corrected chi connectivity index (χ0v) is 14.6. The minimum Gasteiger partial charge on any atom is -0.360 e. The number of carbonyl (C=O) groups excluding carboxylic acids is 1. The summed E-state index contributed by atoms with van der Waals surface area (Å²) < 4.78 is 4.95. The topological polar surface area (TPSA) is 87.4 Å². The van der Waals surface area contributed by atoms with Crippen molar-refractivity contribution in [3.8, 4) is 0 Å². The summed E-state index contributed by atoms with van der Waals surface area (Å²) in [5.74, 6) is 2.12. The van der Waals surface area contributed by atoms with Crippen LogP contribution < -0.4 is 15.1 Å². The molecule has 0 spiro atoms. The Balaban J connectivity index is 1.85. The van der Waals surface area contributed by atoms with Crippen molar-refractivity contribution in [3.63, 3.8) is 0 Å². The number of fused-ring (bicyclic) bond motifs is 1. The van der Waals surface area contributed by atoms with Crippen LogP contribution in [0.1, 0.15) is 5.76 Å². The second-order valence-corrected chi connectivity index (χ2v) is 5.99. The smallest absolute Gasteiger partial charge is 0.245 e. The predicted octanol–water partition coefficient (Wildman–Crippen LogP) is 2.07. The lowest BCUT2D eigenvalue weighted by Crippen LogP contribution is -2.31. The van der Waals surface area contributed by atoms with Crippen molar-refractivity contribution in [1.82, 2.24) is 15.1 Å². The third-order valence-corrected chi connectivity index (χ3v) is 3.61. The van der Waals surface area contributed by atoms with E-state index in [1.54, 1.807) is 17.9 Å². The molecule has 8 nitrogen and oxygen atoms in total. The maximum Gasteiger partial charge on any atom is 0.245 e. The Hall–Kier alpha value is -3.16. The quantitative estimate of drug-likeness (QED) is 0.760. The Labute approximate surface area is 145 Å². The number of anilines is 3. The molecule has 0 aliphatic carbocycles. The van der Waals surface area contributed by atoms with Crippen LogP contribution in [0.25, 0.3) is 10.9 Å². The monoisotopic (exact) mass is 340 g/mol. The molecule has 0 radical (unpaired) electrons. The fourth-order valence-corrected chi connectivity index (χ4v) is 2.44. The molecule has 2 aromatic heterocycles. The van der Waals surface area contributed by atoms with Crippen LogP contribution in [0.15, 0.2) is 34.9 Å². The molecule has 2 heterocycles. The zero-order valence-electron chi connectivity index (χ0n) is 14.6. The lowest BCUT2D eigenvalue weighted by atomic mass is 10.2. The van der Waals surface area contributed by atoms with Gasteiger partial charge in [0.25, 0.3) is 0 Å². The zero-order chi connectivity index (χ0) is 18.0. The summed E-state index contributed by atoms with van der Waals surface area (Å²) in [7, 11) is 5.59. The second-order valence-electron chi connectivity index (χ2n) is 5.99. The van der Waals surface area contributed by atoms with Gasteiger partial charge in [0.05, 0.1) is 12.1 Å². The highest BCUT2D eigenvalue weighted by atomic mass is 16.5. The van der Waals surface area contributed by atoms with Crippen molar-refractivity contribution in [2.24, 2.45) is 0 Å². The van der Waals surface area contributed by atoms with Gasteiger partial charge >= 0.3 is 0 Å². The van der Waals surface area contributed by atoms with Crippen molar-refractivity contribution in [3.05, 3.63) is 36.1 Å². The van der Waals surface area contributed by atoms with Crippen molar-refractivity contribution < 1.29 is 9.32 Å². The van der Waals surface area contributed by atoms with Crippen LogP contribution >= 0.6 is 0 Å². The molecule has 25 heavy (non-hydrogen) atoms. The van der Waals surface area contributed by atoms with Crippen molar-refractivity contribution in [2.75, 3.05) is 42.8 Å². The molecule has 0 fully saturated rings. The minimum atomic E-state index is -0.204. The van der Waals surface area contributed by atoms with Crippen LogP contribution in [-0.4, -0.2) is 48.7 Å². The Kier molecular flexibility index (Phi) is 4.51. The minimum absolute atomic E-state index is 0.125. The van der Waals surface area contributed by atoms with Crippen molar-refractivity contribution >= 4 is 34.4 Å². The van der Waals surface area contributed by atoms with E-state index in [0.29, 0.717) is 23.3 Å². The van der Waals surface area contributed by atoms with Gasteiger partial charge in [0.2, 0.25) is 11.9 Å². The van der Waals surface area contributed by atoms with Crippen molar-refractivity contribution in [2.45, 2.75) is 6.92 Å². The van der Waals surface area contributed by atoms with E-state index in [4.69, 9.17) is 4.52 Å². The first kappa shape index (κ1) is 16.7. The standard InChI is InChI=1S/C17H20N6O2/c1-11-9-14(21-25-11)19-15(24)10-23(4)16-12-7-5-6-8-13(12)18-17(20-16)22(2)3/h5-9H,10H2,1-4H3,(H,19,21,24). The van der Waals surface area contributed by atoms with Crippen LogP contribution in [0.4, 0.5) is 17.6 Å². The first-order valence-electron chi connectivity index (χ1n) is 7.82. The number of rotatable bonds is 5. The molecule has 130 valence electrons. The van der Waals surface area contributed by atoms with Crippen LogP contribution in [0, 0.1) is 6.92 Å². The van der Waals surface area contributed by atoms with Gasteiger partial charge < -0.3 is 19.6 Å². The maximum absolute atomic E-state index is 12.3. The molecule has 0 bridgehead atoms. The predicted molar refractivity (Wildman–Crippen MR) is 97.0 cm³/mol. The molecule has 1 amide bonds. The summed E-state index contributed by atoms with van der Waals surface area (Å²) >= 11 is 0. The molecular formula is C17H20N6O2. The van der Waals surface area contributed by atoms with Gasteiger partial charge in [-0.25, -0.2) is 4.98 Å². The van der Waals surface area contributed by atoms with Gasteiger partial charge in [0.15, 0.2) is 5.82 Å². The van der Waals surface area contributed by atoms with E-state index in [1.807, 2.05) is 50.3 Å². The van der Waals surface area contributed by atoms with Gasteiger partial charge in [-0.3, -0.25) is 4.79 Å². The van der Waals surface area contributed by atoms with E-state index in [-0.39, 0.29) is 12.5 Å². The fourth-order valence-electron chi connectivity index (χ4n) is 2.44. The van der Waals surface area contributed by atoms with E-state index in [9.17, 15) is 4.79 Å². The van der Waals surface area contributed by atoms with Crippen LogP contribution in [0.5, 0.6) is 0 Å². The number of aromatic nitrogens is 3. The largest absolute Gasteiger partial charge is 0.360 e. The summed E-state index contributed by atoms with van der Waals surface area (Å²) in [5.41, 5.74) is 0.829.